The Morgan fingerprint density at radius 3 is 1.28 bits per heavy atom. The van der Waals surface area contributed by atoms with Crippen molar-refractivity contribution in [2.24, 2.45) is 11.8 Å². The minimum Gasteiger partial charge on any atom is -0.466 e. The number of ketones is 1. The Bertz CT molecular complexity index is 2440. The van der Waals surface area contributed by atoms with Gasteiger partial charge in [0.25, 0.3) is 17.6 Å². The molecule has 0 bridgehead atoms. The first-order valence-corrected chi connectivity index (χ1v) is 23.8. The molecule has 2 saturated carbocycles. The molecule has 15 nitrogen and oxygen atoms in total. The van der Waals surface area contributed by atoms with Crippen LogP contribution in [0.15, 0.2) is 103 Å². The number of para-hydroxylation sites is 4. The zero-order valence-corrected chi connectivity index (χ0v) is 41.5. The number of amides is 4. The van der Waals surface area contributed by atoms with Gasteiger partial charge in [0.15, 0.2) is 0 Å². The normalized spacial score (nSPS) is 20.5. The molecule has 4 heterocycles. The van der Waals surface area contributed by atoms with Crippen LogP contribution in [0.5, 0.6) is 0 Å². The van der Waals surface area contributed by atoms with Gasteiger partial charge in [-0.2, -0.15) is 0 Å². The van der Waals surface area contributed by atoms with Gasteiger partial charge >= 0.3 is 17.9 Å². The molecule has 4 aliphatic heterocycles. The summed E-state index contributed by atoms with van der Waals surface area (Å²) in [5.41, 5.74) is 5.11. The molecule has 0 unspecified atom stereocenters. The van der Waals surface area contributed by atoms with Gasteiger partial charge in [-0.3, -0.25) is 33.6 Å². The number of nitrogens with one attached hydrogen (secondary N) is 4. The highest BCUT2D eigenvalue weighted by Gasteiger charge is 2.69. The van der Waals surface area contributed by atoms with E-state index in [1.807, 2.05) is 116 Å². The number of hydrogen-bond acceptors (Lipinski definition) is 11. The van der Waals surface area contributed by atoms with Crippen LogP contribution in [0.1, 0.15) is 116 Å². The first-order chi connectivity index (χ1) is 33.4. The fraction of sp³-hybridized carbons (Fsp3) is 0.370. The Kier molecular flexibility index (Phi) is 21.2. The quantitative estimate of drug-likeness (QED) is 0.0619. The van der Waals surface area contributed by atoms with Crippen LogP contribution in [0.25, 0.3) is 5.57 Å². The van der Waals surface area contributed by atoms with Gasteiger partial charge in [0.1, 0.15) is 0 Å². The molecular weight excluding hydrogens is 881 g/mol. The fourth-order valence-electron chi connectivity index (χ4n) is 8.03. The van der Waals surface area contributed by atoms with Crippen LogP contribution in [0.3, 0.4) is 0 Å². The number of esters is 3. The molecule has 15 heteroatoms. The van der Waals surface area contributed by atoms with Crippen LogP contribution in [-0.4, -0.2) is 67.1 Å². The molecule has 6 aliphatic rings. The van der Waals surface area contributed by atoms with Crippen molar-refractivity contribution in [1.29, 1.82) is 0 Å². The summed E-state index contributed by atoms with van der Waals surface area (Å²) in [5.74, 6) is -3.05. The maximum absolute atomic E-state index is 12.0. The molecule has 10 rings (SSSR count). The number of carbonyl (C=O) groups excluding carboxylic acids is 8. The van der Waals surface area contributed by atoms with E-state index >= 15 is 0 Å². The van der Waals surface area contributed by atoms with Gasteiger partial charge < -0.3 is 35.5 Å². The van der Waals surface area contributed by atoms with Crippen molar-refractivity contribution in [1.82, 2.24) is 0 Å². The maximum Gasteiger partial charge on any atom is 0.331 e. The van der Waals surface area contributed by atoms with Crippen molar-refractivity contribution in [3.05, 3.63) is 125 Å². The van der Waals surface area contributed by atoms with Gasteiger partial charge in [-0.25, -0.2) is 4.79 Å². The lowest BCUT2D eigenvalue weighted by molar-refractivity contribution is -0.146. The average molecular weight is 947 g/mol. The molecule has 0 aromatic heterocycles. The number of rotatable bonds is 6. The fourth-order valence-corrected chi connectivity index (χ4v) is 8.03. The Morgan fingerprint density at radius 2 is 0.855 bits per heavy atom. The summed E-state index contributed by atoms with van der Waals surface area (Å²) >= 11 is 0. The molecule has 2 fully saturated rings. The van der Waals surface area contributed by atoms with Gasteiger partial charge in [0, 0.05) is 28.7 Å². The molecular formula is C54H66N4O11. The summed E-state index contributed by atoms with van der Waals surface area (Å²) < 4.78 is 14.8. The van der Waals surface area contributed by atoms with Crippen molar-refractivity contribution in [2.45, 2.75) is 99.8 Å². The third-order valence-electron chi connectivity index (χ3n) is 11.1. The number of fused-ring (bicyclic) bond motifs is 6. The SMILES string of the molecule is CC.CC.CC.CC.CCOC(=O)/C=C1/C(=O)Nc2ccccc21.CCOC(=O)[C@@H]1C[C@]12C(=O)Nc1ccccc12.CCOC(=O)[C@H]1C[C@]12C(=O)Nc1ccccc12.O=C1Nc2ccccc2C1=O. The Morgan fingerprint density at radius 1 is 0.493 bits per heavy atom. The van der Waals surface area contributed by atoms with Gasteiger partial charge in [0.2, 0.25) is 11.8 Å². The van der Waals surface area contributed by atoms with Crippen LogP contribution in [0.4, 0.5) is 22.7 Å². The summed E-state index contributed by atoms with van der Waals surface area (Å²) in [4.78, 5) is 92.1. The van der Waals surface area contributed by atoms with E-state index < -0.39 is 28.5 Å². The highest BCUT2D eigenvalue weighted by atomic mass is 16.5. The molecule has 0 saturated heterocycles. The molecule has 4 N–H and O–H groups in total. The first-order valence-electron chi connectivity index (χ1n) is 23.8. The standard InChI is InChI=1S/2C13H13NO3.C12H11NO3.C8H5NO2.4C2H6/c2*1-2-17-11(15)9-7-13(9)8-5-3-4-6-10(8)14-12(13)16;1-2-16-11(14)7-9-8-5-3-4-6-10(8)13-12(9)15;10-7-5-3-1-2-4-6(5)9-8(7)11;4*1-2/h2*3-6,9H,2,7H2,1H3,(H,14,16);3-7H,2H2,1H3,(H,13,15);1-4H,(H,9,10,11);4*1-2H3/b;;9-7+;;;;;/t9-,13+;9-,13-;;;;;;/m01....../s1. The number of benzene rings is 4. The van der Waals surface area contributed by atoms with Crippen LogP contribution >= 0.6 is 0 Å². The summed E-state index contributed by atoms with van der Waals surface area (Å²) in [6, 6.07) is 29.1. The third-order valence-corrected chi connectivity index (χ3v) is 11.1. The number of hydrogen-bond donors (Lipinski definition) is 4. The van der Waals surface area contributed by atoms with Crippen molar-refractivity contribution in [3.63, 3.8) is 0 Å². The molecule has 2 aliphatic carbocycles. The minimum atomic E-state index is -0.650. The van der Waals surface area contributed by atoms with Gasteiger partial charge in [-0.05, 0) is 75.1 Å². The highest BCUT2D eigenvalue weighted by Crippen LogP contribution is 2.61. The summed E-state index contributed by atoms with van der Waals surface area (Å²) in [7, 11) is 0. The lowest BCUT2D eigenvalue weighted by Gasteiger charge is -2.07. The van der Waals surface area contributed by atoms with Crippen molar-refractivity contribution in [3.8, 4) is 0 Å². The largest absolute Gasteiger partial charge is 0.466 e. The van der Waals surface area contributed by atoms with Crippen molar-refractivity contribution >= 4 is 75.6 Å². The third kappa shape index (κ3) is 12.0. The van der Waals surface area contributed by atoms with Crippen molar-refractivity contribution < 1.29 is 52.6 Å². The topological polar surface area (TPSA) is 212 Å². The van der Waals surface area contributed by atoms with E-state index in [4.69, 9.17) is 14.2 Å². The molecule has 4 amide bonds. The molecule has 2 spiro atoms. The van der Waals surface area contributed by atoms with E-state index in [9.17, 15) is 38.4 Å². The Hall–Kier alpha value is -7.42. The molecule has 4 aromatic rings. The number of anilines is 4. The summed E-state index contributed by atoms with van der Waals surface area (Å²) in [6.07, 6.45) is 2.36. The summed E-state index contributed by atoms with van der Waals surface area (Å²) in [6.45, 7) is 22.3. The maximum atomic E-state index is 12.0. The predicted molar refractivity (Wildman–Crippen MR) is 267 cm³/mol. The summed E-state index contributed by atoms with van der Waals surface area (Å²) in [5, 5.41) is 10.8. The highest BCUT2D eigenvalue weighted by molar-refractivity contribution is 6.51. The van der Waals surface area contributed by atoms with E-state index in [2.05, 4.69) is 21.3 Å². The van der Waals surface area contributed by atoms with E-state index in [0.29, 0.717) is 49.5 Å². The second kappa shape index (κ2) is 26.2. The number of carbonyl (C=O) groups is 8. The van der Waals surface area contributed by atoms with Crippen LogP contribution in [-0.2, 0) is 58.6 Å². The predicted octanol–water partition coefficient (Wildman–Crippen LogP) is 9.43. The molecule has 4 aromatic carbocycles. The van der Waals surface area contributed by atoms with Crippen LogP contribution < -0.4 is 21.3 Å². The van der Waals surface area contributed by atoms with E-state index in [-0.39, 0.29) is 41.5 Å². The smallest absolute Gasteiger partial charge is 0.331 e. The molecule has 0 radical (unpaired) electrons. The second-order valence-electron chi connectivity index (χ2n) is 14.6. The first kappa shape index (κ1) is 55.9. The molecule has 4 atom stereocenters. The van der Waals surface area contributed by atoms with Gasteiger partial charge in [-0.15, -0.1) is 0 Å². The van der Waals surface area contributed by atoms with Crippen LogP contribution in [0.2, 0.25) is 0 Å². The zero-order chi connectivity index (χ0) is 51.5. The van der Waals surface area contributed by atoms with E-state index in [1.54, 1.807) is 57.2 Å². The lowest BCUT2D eigenvalue weighted by Crippen LogP contribution is -2.25. The number of ether oxygens (including phenoxy) is 3. The van der Waals surface area contributed by atoms with E-state index in [1.165, 1.54) is 6.08 Å². The van der Waals surface area contributed by atoms with Gasteiger partial charge in [-0.1, -0.05) is 122 Å². The Labute approximate surface area is 405 Å². The second-order valence-corrected chi connectivity index (χ2v) is 14.6. The number of Topliss-reactive ketones (excluding diaryl/α,β-unsaturated/α-hetero) is 1. The molecule has 69 heavy (non-hydrogen) atoms. The Balaban J connectivity index is 0.000000234. The average Bonchev–Trinajstić information content (AvgIpc) is 4.21. The van der Waals surface area contributed by atoms with E-state index in [0.717, 1.165) is 33.8 Å². The van der Waals surface area contributed by atoms with Crippen molar-refractivity contribution in [2.75, 3.05) is 41.1 Å². The lowest BCUT2D eigenvalue weighted by atomic mass is 9.95. The van der Waals surface area contributed by atoms with Gasteiger partial charge in [0.05, 0.1) is 59.3 Å². The molecule has 368 valence electrons. The van der Waals surface area contributed by atoms with Crippen LogP contribution in [0, 0.1) is 11.8 Å². The zero-order valence-electron chi connectivity index (χ0n) is 41.5. The monoisotopic (exact) mass is 946 g/mol. The minimum absolute atomic E-state index is 0.0725.